The molecule has 0 unspecified atom stereocenters. The Hall–Kier alpha value is -2.29. The molecule has 3 heterocycles. The number of amides is 3. The zero-order chi connectivity index (χ0) is 20.9. The normalized spacial score (nSPS) is 31.4. The maximum atomic E-state index is 13.4. The second-order valence-corrected chi connectivity index (χ2v) is 8.08. The molecule has 8 nitrogen and oxygen atoms in total. The minimum absolute atomic E-state index is 0.241. The Bertz CT molecular complexity index is 870. The summed E-state index contributed by atoms with van der Waals surface area (Å²) in [6.45, 7) is 4.27. The van der Waals surface area contributed by atoms with Crippen LogP contribution in [-0.4, -0.2) is 60.1 Å². The highest BCUT2D eigenvalue weighted by atomic mass is 16.5. The van der Waals surface area contributed by atoms with E-state index in [4.69, 9.17) is 4.74 Å². The molecule has 0 aromatic heterocycles. The Balaban J connectivity index is 1.81. The lowest BCUT2D eigenvalue weighted by atomic mass is 9.76. The van der Waals surface area contributed by atoms with Crippen molar-refractivity contribution in [1.82, 2.24) is 10.2 Å². The smallest absolute Gasteiger partial charge is 0.250 e. The first-order valence-corrected chi connectivity index (χ1v) is 10.1. The fourth-order valence-electron chi connectivity index (χ4n) is 5.06. The summed E-state index contributed by atoms with van der Waals surface area (Å²) in [7, 11) is 1.57. The Morgan fingerprint density at radius 3 is 2.69 bits per heavy atom. The number of hydrogen-bond donors (Lipinski definition) is 3. The standard InChI is InChI=1S/C21H27N3O5/c1-4-12-6-7-14-13(10-12)21(20(28)22-14)16-15(17(23-21)11(2)25)18(26)24(19(16)27)8-5-9-29-3/h6-7,10-11,15-17,23,25H,4-5,8-9H2,1-3H3,(H,22,28)/t11-,15-,16-,17-,21+/m0/s1. The number of hydrogen-bond acceptors (Lipinski definition) is 6. The fraction of sp³-hybridized carbons (Fsp3) is 0.571. The molecule has 8 heteroatoms. The van der Waals surface area contributed by atoms with Crippen molar-refractivity contribution in [2.45, 2.75) is 44.4 Å². The fourth-order valence-corrected chi connectivity index (χ4v) is 5.06. The largest absolute Gasteiger partial charge is 0.392 e. The van der Waals surface area contributed by atoms with Gasteiger partial charge in [-0.2, -0.15) is 0 Å². The van der Waals surface area contributed by atoms with Crippen LogP contribution >= 0.6 is 0 Å². The number of nitrogens with zero attached hydrogens (tertiary/aromatic N) is 1. The summed E-state index contributed by atoms with van der Waals surface area (Å²) in [4.78, 5) is 41.0. The average Bonchev–Trinajstić information content (AvgIpc) is 3.28. The lowest BCUT2D eigenvalue weighted by Crippen LogP contribution is -2.54. The lowest BCUT2D eigenvalue weighted by Gasteiger charge is -2.30. The summed E-state index contributed by atoms with van der Waals surface area (Å²) in [6.07, 6.45) is 0.404. The van der Waals surface area contributed by atoms with Gasteiger partial charge in [0, 0.05) is 37.6 Å². The number of aliphatic hydroxyl groups is 1. The van der Waals surface area contributed by atoms with Gasteiger partial charge in [-0.05, 0) is 31.4 Å². The van der Waals surface area contributed by atoms with Crippen LogP contribution in [0, 0.1) is 11.8 Å². The molecule has 29 heavy (non-hydrogen) atoms. The van der Waals surface area contributed by atoms with E-state index in [1.807, 2.05) is 25.1 Å². The minimum Gasteiger partial charge on any atom is -0.392 e. The number of anilines is 1. The van der Waals surface area contributed by atoms with Gasteiger partial charge in [0.2, 0.25) is 17.7 Å². The number of ether oxygens (including phenoxy) is 1. The number of aryl methyl sites for hydroxylation is 1. The first kappa shape index (κ1) is 20.0. The molecule has 3 N–H and O–H groups in total. The first-order valence-electron chi connectivity index (χ1n) is 10.1. The summed E-state index contributed by atoms with van der Waals surface area (Å²) in [6, 6.07) is 5.01. The molecule has 1 aromatic carbocycles. The molecule has 0 bridgehead atoms. The van der Waals surface area contributed by atoms with Crippen LogP contribution in [0.4, 0.5) is 5.69 Å². The van der Waals surface area contributed by atoms with Crippen molar-refractivity contribution in [3.63, 3.8) is 0 Å². The molecule has 1 aromatic rings. The molecule has 2 fully saturated rings. The van der Waals surface area contributed by atoms with Crippen molar-refractivity contribution >= 4 is 23.4 Å². The highest BCUT2D eigenvalue weighted by Gasteiger charge is 2.70. The van der Waals surface area contributed by atoms with Crippen molar-refractivity contribution in [1.29, 1.82) is 0 Å². The van der Waals surface area contributed by atoms with Gasteiger partial charge >= 0.3 is 0 Å². The zero-order valence-electron chi connectivity index (χ0n) is 16.9. The molecule has 1 spiro atoms. The van der Waals surface area contributed by atoms with Gasteiger partial charge in [-0.15, -0.1) is 0 Å². The van der Waals surface area contributed by atoms with Crippen molar-refractivity contribution in [3.8, 4) is 0 Å². The van der Waals surface area contributed by atoms with Crippen molar-refractivity contribution in [3.05, 3.63) is 29.3 Å². The van der Waals surface area contributed by atoms with Crippen LogP contribution in [0.5, 0.6) is 0 Å². The molecule has 156 valence electrons. The van der Waals surface area contributed by atoms with Gasteiger partial charge < -0.3 is 15.2 Å². The Morgan fingerprint density at radius 2 is 2.03 bits per heavy atom. The third-order valence-electron chi connectivity index (χ3n) is 6.46. The second kappa shape index (κ2) is 7.19. The maximum absolute atomic E-state index is 13.4. The van der Waals surface area contributed by atoms with E-state index in [1.165, 1.54) is 4.90 Å². The Kier molecular flexibility index (Phi) is 4.96. The van der Waals surface area contributed by atoms with Gasteiger partial charge in [-0.3, -0.25) is 24.6 Å². The summed E-state index contributed by atoms with van der Waals surface area (Å²) in [5, 5.41) is 16.5. The summed E-state index contributed by atoms with van der Waals surface area (Å²) in [5.74, 6) is -2.72. The van der Waals surface area contributed by atoms with Crippen molar-refractivity contribution in [2.75, 3.05) is 25.6 Å². The number of aliphatic hydroxyl groups excluding tert-OH is 1. The van der Waals surface area contributed by atoms with Crippen molar-refractivity contribution < 1.29 is 24.2 Å². The molecule has 3 aliphatic heterocycles. The van der Waals surface area contributed by atoms with Crippen LogP contribution in [0.2, 0.25) is 0 Å². The molecular formula is C21H27N3O5. The third-order valence-corrected chi connectivity index (χ3v) is 6.46. The average molecular weight is 401 g/mol. The zero-order valence-corrected chi connectivity index (χ0v) is 16.9. The van der Waals surface area contributed by atoms with Crippen LogP contribution in [0.15, 0.2) is 18.2 Å². The Morgan fingerprint density at radius 1 is 1.28 bits per heavy atom. The van der Waals surface area contributed by atoms with Crippen molar-refractivity contribution in [2.24, 2.45) is 11.8 Å². The minimum atomic E-state index is -1.35. The number of fused-ring (bicyclic) bond motifs is 4. The number of benzene rings is 1. The molecule has 5 atom stereocenters. The lowest BCUT2D eigenvalue weighted by molar-refractivity contribution is -0.143. The van der Waals surface area contributed by atoms with E-state index in [0.717, 1.165) is 12.0 Å². The monoisotopic (exact) mass is 401 g/mol. The first-order chi connectivity index (χ1) is 13.9. The summed E-state index contributed by atoms with van der Waals surface area (Å²) >= 11 is 0. The highest BCUT2D eigenvalue weighted by Crippen LogP contribution is 2.53. The predicted molar refractivity (Wildman–Crippen MR) is 105 cm³/mol. The summed E-state index contributed by atoms with van der Waals surface area (Å²) in [5.41, 5.74) is 1.00. The molecular weight excluding hydrogens is 374 g/mol. The second-order valence-electron chi connectivity index (χ2n) is 8.08. The number of nitrogens with one attached hydrogen (secondary N) is 2. The number of rotatable bonds is 6. The number of likely N-dealkylation sites (tertiary alicyclic amines) is 1. The number of methoxy groups -OCH3 is 1. The van der Waals surface area contributed by atoms with Gasteiger partial charge in [0.15, 0.2) is 0 Å². The van der Waals surface area contributed by atoms with Gasteiger partial charge in [0.05, 0.1) is 17.9 Å². The van der Waals surface area contributed by atoms with Crippen LogP contribution in [0.25, 0.3) is 0 Å². The number of carbonyl (C=O) groups is 3. The summed E-state index contributed by atoms with van der Waals surface area (Å²) < 4.78 is 5.04. The molecule has 0 radical (unpaired) electrons. The molecule has 4 rings (SSSR count). The molecule has 3 amide bonds. The Labute approximate surface area is 169 Å². The number of carbonyl (C=O) groups excluding carboxylic acids is 3. The van der Waals surface area contributed by atoms with Gasteiger partial charge in [-0.25, -0.2) is 0 Å². The van der Waals surface area contributed by atoms with E-state index in [0.29, 0.717) is 24.3 Å². The predicted octanol–water partition coefficient (Wildman–Crippen LogP) is 0.387. The highest BCUT2D eigenvalue weighted by molar-refractivity contribution is 6.15. The van der Waals surface area contributed by atoms with E-state index in [-0.39, 0.29) is 24.3 Å². The number of imide groups is 1. The van der Waals surface area contributed by atoms with E-state index in [1.54, 1.807) is 14.0 Å². The van der Waals surface area contributed by atoms with E-state index in [2.05, 4.69) is 10.6 Å². The SMILES string of the molecule is CCc1ccc2c(c1)[C@]1(N[C@@H]([C@H](C)O)[C@H]3C(=O)N(CCCOC)C(=O)[C@H]31)C(=O)N2. The maximum Gasteiger partial charge on any atom is 0.250 e. The van der Waals surface area contributed by atoms with Crippen LogP contribution in [0.3, 0.4) is 0 Å². The van der Waals surface area contributed by atoms with Gasteiger partial charge in [0.25, 0.3) is 0 Å². The molecule has 0 aliphatic carbocycles. The van der Waals surface area contributed by atoms with Crippen LogP contribution in [0.1, 0.15) is 31.4 Å². The van der Waals surface area contributed by atoms with Gasteiger partial charge in [-0.1, -0.05) is 19.1 Å². The van der Waals surface area contributed by atoms with E-state index in [9.17, 15) is 19.5 Å². The third kappa shape index (κ3) is 2.73. The topological polar surface area (TPSA) is 108 Å². The van der Waals surface area contributed by atoms with Crippen LogP contribution in [-0.2, 0) is 31.1 Å². The van der Waals surface area contributed by atoms with E-state index < -0.39 is 29.5 Å². The van der Waals surface area contributed by atoms with Gasteiger partial charge in [0.1, 0.15) is 5.54 Å². The van der Waals surface area contributed by atoms with E-state index >= 15 is 0 Å². The molecule has 0 saturated carbocycles. The molecule has 2 saturated heterocycles. The quantitative estimate of drug-likeness (QED) is 0.470. The van der Waals surface area contributed by atoms with Crippen LogP contribution < -0.4 is 10.6 Å². The molecule has 3 aliphatic rings.